The minimum Gasteiger partial charge on any atom is -0.465 e. The van der Waals surface area contributed by atoms with E-state index in [2.05, 4.69) is 0 Å². The number of carbonyl (C=O) groups is 1. The van der Waals surface area contributed by atoms with Gasteiger partial charge in [-0.3, -0.25) is 4.90 Å². The zero-order valence-corrected chi connectivity index (χ0v) is 8.39. The van der Waals surface area contributed by atoms with Crippen LogP contribution in [0.4, 0.5) is 10.5 Å². The van der Waals surface area contributed by atoms with Crippen molar-refractivity contribution in [2.75, 3.05) is 11.4 Å². The zero-order chi connectivity index (χ0) is 10.8. The van der Waals surface area contributed by atoms with Crippen LogP contribution in [0.5, 0.6) is 0 Å². The maximum absolute atomic E-state index is 11.2. The van der Waals surface area contributed by atoms with E-state index < -0.39 is 6.09 Å². The highest BCUT2D eigenvalue weighted by atomic mass is 16.4. The summed E-state index contributed by atoms with van der Waals surface area (Å²) in [5.41, 5.74) is 7.46. The third-order valence-electron chi connectivity index (χ3n) is 2.84. The SMILES string of the molecule is NCC1CCc2ccccc2N1C(=O)O. The third-order valence-corrected chi connectivity index (χ3v) is 2.84. The van der Waals surface area contributed by atoms with Crippen LogP contribution in [0.3, 0.4) is 0 Å². The van der Waals surface area contributed by atoms with Crippen LogP contribution in [0.2, 0.25) is 0 Å². The summed E-state index contributed by atoms with van der Waals surface area (Å²) < 4.78 is 0. The highest BCUT2D eigenvalue weighted by Crippen LogP contribution is 2.30. The molecular formula is C11H14N2O2. The number of nitrogens with zero attached hydrogens (tertiary/aromatic N) is 1. The lowest BCUT2D eigenvalue weighted by atomic mass is 9.96. The molecule has 1 aliphatic rings. The Bertz CT molecular complexity index is 379. The van der Waals surface area contributed by atoms with Gasteiger partial charge in [-0.05, 0) is 24.5 Å². The Morgan fingerprint density at radius 3 is 2.93 bits per heavy atom. The molecule has 0 saturated heterocycles. The second kappa shape index (κ2) is 3.90. The first-order valence-electron chi connectivity index (χ1n) is 5.04. The fourth-order valence-corrected chi connectivity index (χ4v) is 2.09. The van der Waals surface area contributed by atoms with E-state index in [4.69, 9.17) is 10.8 Å². The number of amides is 1. The number of carboxylic acid groups (broad SMARTS) is 1. The Balaban J connectivity index is 2.43. The second-order valence-corrected chi connectivity index (χ2v) is 3.71. The first kappa shape index (κ1) is 9.98. The summed E-state index contributed by atoms with van der Waals surface area (Å²) in [4.78, 5) is 12.5. The van der Waals surface area contributed by atoms with Gasteiger partial charge in [-0.25, -0.2) is 4.79 Å². The molecule has 15 heavy (non-hydrogen) atoms. The van der Waals surface area contributed by atoms with Crippen molar-refractivity contribution in [2.24, 2.45) is 5.73 Å². The number of para-hydroxylation sites is 1. The Labute approximate surface area is 88.3 Å². The lowest BCUT2D eigenvalue weighted by Crippen LogP contribution is -2.47. The van der Waals surface area contributed by atoms with Gasteiger partial charge in [0, 0.05) is 6.54 Å². The van der Waals surface area contributed by atoms with Crippen molar-refractivity contribution in [3.05, 3.63) is 29.8 Å². The summed E-state index contributed by atoms with van der Waals surface area (Å²) in [7, 11) is 0. The van der Waals surface area contributed by atoms with Gasteiger partial charge in [-0.1, -0.05) is 18.2 Å². The summed E-state index contributed by atoms with van der Waals surface area (Å²) in [6, 6.07) is 7.51. The normalized spacial score (nSPS) is 19.8. The number of rotatable bonds is 1. The number of hydrogen-bond acceptors (Lipinski definition) is 2. The number of benzene rings is 1. The third kappa shape index (κ3) is 1.68. The van der Waals surface area contributed by atoms with Crippen molar-refractivity contribution >= 4 is 11.8 Å². The molecule has 0 bridgehead atoms. The van der Waals surface area contributed by atoms with Crippen LogP contribution in [0.15, 0.2) is 24.3 Å². The van der Waals surface area contributed by atoms with Crippen LogP contribution < -0.4 is 10.6 Å². The van der Waals surface area contributed by atoms with Crippen molar-refractivity contribution in [2.45, 2.75) is 18.9 Å². The Hall–Kier alpha value is -1.55. The van der Waals surface area contributed by atoms with Gasteiger partial charge < -0.3 is 10.8 Å². The molecule has 1 heterocycles. The van der Waals surface area contributed by atoms with E-state index in [9.17, 15) is 4.79 Å². The van der Waals surface area contributed by atoms with E-state index >= 15 is 0 Å². The van der Waals surface area contributed by atoms with Crippen molar-refractivity contribution in [3.8, 4) is 0 Å². The van der Waals surface area contributed by atoms with E-state index in [1.54, 1.807) is 0 Å². The molecule has 1 atom stereocenters. The summed E-state index contributed by atoms with van der Waals surface area (Å²) >= 11 is 0. The minimum absolute atomic E-state index is 0.0857. The number of nitrogens with two attached hydrogens (primary N) is 1. The molecule has 0 spiro atoms. The van der Waals surface area contributed by atoms with Gasteiger partial charge in [0.1, 0.15) is 0 Å². The van der Waals surface area contributed by atoms with Crippen LogP contribution in [0.25, 0.3) is 0 Å². The fourth-order valence-electron chi connectivity index (χ4n) is 2.09. The quantitative estimate of drug-likeness (QED) is 0.730. The van der Waals surface area contributed by atoms with Gasteiger partial charge in [-0.15, -0.1) is 0 Å². The van der Waals surface area contributed by atoms with E-state index in [0.717, 1.165) is 24.1 Å². The first-order valence-corrected chi connectivity index (χ1v) is 5.04. The molecule has 4 nitrogen and oxygen atoms in total. The standard InChI is InChI=1S/C11H14N2O2/c12-7-9-6-5-8-3-1-2-4-10(8)13(9)11(14)15/h1-4,9H,5-7,12H2,(H,14,15). The highest BCUT2D eigenvalue weighted by molar-refractivity contribution is 5.88. The van der Waals surface area contributed by atoms with Crippen molar-refractivity contribution in [1.82, 2.24) is 0 Å². The molecule has 0 saturated carbocycles. The smallest absolute Gasteiger partial charge is 0.412 e. The second-order valence-electron chi connectivity index (χ2n) is 3.71. The topological polar surface area (TPSA) is 66.6 Å². The fraction of sp³-hybridized carbons (Fsp3) is 0.364. The zero-order valence-electron chi connectivity index (χ0n) is 8.39. The lowest BCUT2D eigenvalue weighted by molar-refractivity contribution is 0.198. The molecule has 0 radical (unpaired) electrons. The Kier molecular flexibility index (Phi) is 2.60. The molecule has 0 aliphatic carbocycles. The van der Waals surface area contributed by atoms with Gasteiger partial charge in [-0.2, -0.15) is 0 Å². The van der Waals surface area contributed by atoms with Crippen LogP contribution in [0.1, 0.15) is 12.0 Å². The predicted molar refractivity (Wildman–Crippen MR) is 58.1 cm³/mol. The highest BCUT2D eigenvalue weighted by Gasteiger charge is 2.29. The minimum atomic E-state index is -0.919. The molecular weight excluding hydrogens is 192 g/mol. The maximum atomic E-state index is 11.2. The molecule has 4 heteroatoms. The Morgan fingerprint density at radius 1 is 1.53 bits per heavy atom. The number of anilines is 1. The molecule has 0 aromatic heterocycles. The Morgan fingerprint density at radius 2 is 2.27 bits per heavy atom. The van der Waals surface area contributed by atoms with Gasteiger partial charge >= 0.3 is 6.09 Å². The monoisotopic (exact) mass is 206 g/mol. The molecule has 0 fully saturated rings. The van der Waals surface area contributed by atoms with Gasteiger partial charge in [0.05, 0.1) is 11.7 Å². The van der Waals surface area contributed by atoms with Gasteiger partial charge in [0.15, 0.2) is 0 Å². The molecule has 2 rings (SSSR count). The average molecular weight is 206 g/mol. The van der Waals surface area contributed by atoms with Gasteiger partial charge in [0.2, 0.25) is 0 Å². The molecule has 1 unspecified atom stereocenters. The van der Waals surface area contributed by atoms with Gasteiger partial charge in [0.25, 0.3) is 0 Å². The lowest BCUT2D eigenvalue weighted by Gasteiger charge is -2.34. The number of hydrogen-bond donors (Lipinski definition) is 2. The van der Waals surface area contributed by atoms with E-state index in [1.807, 2.05) is 24.3 Å². The molecule has 1 aromatic rings. The first-order chi connectivity index (χ1) is 7.24. The molecule has 1 aliphatic heterocycles. The summed E-state index contributed by atoms with van der Waals surface area (Å²) in [6.07, 6.45) is 0.791. The largest absolute Gasteiger partial charge is 0.465 e. The summed E-state index contributed by atoms with van der Waals surface area (Å²) in [5.74, 6) is 0. The van der Waals surface area contributed by atoms with E-state index in [1.165, 1.54) is 4.90 Å². The van der Waals surface area contributed by atoms with Crippen molar-refractivity contribution in [1.29, 1.82) is 0 Å². The van der Waals surface area contributed by atoms with Crippen molar-refractivity contribution in [3.63, 3.8) is 0 Å². The average Bonchev–Trinajstić information content (AvgIpc) is 2.27. The number of aryl methyl sites for hydroxylation is 1. The maximum Gasteiger partial charge on any atom is 0.412 e. The molecule has 3 N–H and O–H groups in total. The summed E-state index contributed by atoms with van der Waals surface area (Å²) in [6.45, 7) is 0.376. The molecule has 1 aromatic carbocycles. The van der Waals surface area contributed by atoms with Crippen LogP contribution in [-0.2, 0) is 6.42 Å². The van der Waals surface area contributed by atoms with Crippen LogP contribution >= 0.6 is 0 Å². The van der Waals surface area contributed by atoms with Crippen LogP contribution in [-0.4, -0.2) is 23.8 Å². The predicted octanol–water partition coefficient (Wildman–Crippen LogP) is 1.44. The number of fused-ring (bicyclic) bond motifs is 1. The van der Waals surface area contributed by atoms with Crippen LogP contribution in [0, 0.1) is 0 Å². The molecule has 1 amide bonds. The van der Waals surface area contributed by atoms with E-state index in [0.29, 0.717) is 6.54 Å². The van der Waals surface area contributed by atoms with E-state index in [-0.39, 0.29) is 6.04 Å². The van der Waals surface area contributed by atoms with Crippen molar-refractivity contribution < 1.29 is 9.90 Å². The molecule has 80 valence electrons. The summed E-state index contributed by atoms with van der Waals surface area (Å²) in [5, 5.41) is 9.16.